The van der Waals surface area contributed by atoms with Crippen LogP contribution in [0.2, 0.25) is 0 Å². The van der Waals surface area contributed by atoms with E-state index in [4.69, 9.17) is 4.52 Å². The summed E-state index contributed by atoms with van der Waals surface area (Å²) in [6.07, 6.45) is 6.62. The Kier molecular flexibility index (Phi) is 2.42. The third-order valence-corrected chi connectivity index (χ3v) is 3.40. The Balaban J connectivity index is 1.95. The molecule has 72 valence electrons. The Bertz CT molecular complexity index is 247. The van der Waals surface area contributed by atoms with Crippen LogP contribution in [0.25, 0.3) is 0 Å². The van der Waals surface area contributed by atoms with Gasteiger partial charge in [0.2, 0.25) is 0 Å². The Morgan fingerprint density at radius 2 is 2.15 bits per heavy atom. The molecule has 3 atom stereocenters. The molecule has 0 N–H and O–H groups in total. The molecule has 0 spiro atoms. The molecule has 0 saturated heterocycles. The van der Waals surface area contributed by atoms with Crippen molar-refractivity contribution in [2.45, 2.75) is 12.8 Å². The van der Waals surface area contributed by atoms with Crippen LogP contribution >= 0.6 is 8.15 Å². The summed E-state index contributed by atoms with van der Waals surface area (Å²) in [5, 5.41) is 0. The summed E-state index contributed by atoms with van der Waals surface area (Å²) in [6.45, 7) is 3.94. The second-order valence-corrected chi connectivity index (χ2v) is 5.92. The van der Waals surface area contributed by atoms with Crippen molar-refractivity contribution >= 4 is 14.1 Å². The number of allylic oxidation sites excluding steroid dienone is 2. The van der Waals surface area contributed by atoms with E-state index < -0.39 is 8.15 Å². The molecule has 3 unspecified atom stereocenters. The van der Waals surface area contributed by atoms with Crippen LogP contribution in [-0.4, -0.2) is 19.3 Å². The molecule has 2 aliphatic carbocycles. The summed E-state index contributed by atoms with van der Waals surface area (Å²) < 4.78 is 5.28. The third-order valence-electron chi connectivity index (χ3n) is 2.85. The standard InChI is InChI=1S/C10H15O2P/c1-13(2)12-10(11)9-6-7-3-4-8(9)5-7/h3-4,7-9H,5-6H2,1-2H3. The molecule has 0 aromatic carbocycles. The minimum Gasteiger partial charge on any atom is -0.445 e. The van der Waals surface area contributed by atoms with Crippen molar-refractivity contribution in [3.8, 4) is 0 Å². The summed E-state index contributed by atoms with van der Waals surface area (Å²) >= 11 is 0. The van der Waals surface area contributed by atoms with Gasteiger partial charge in [-0.25, -0.2) is 0 Å². The minimum atomic E-state index is -0.539. The van der Waals surface area contributed by atoms with Crippen molar-refractivity contribution < 1.29 is 9.32 Å². The number of hydrogen-bond acceptors (Lipinski definition) is 2. The molecule has 2 bridgehead atoms. The summed E-state index contributed by atoms with van der Waals surface area (Å²) in [5.41, 5.74) is 0. The largest absolute Gasteiger partial charge is 0.445 e. The molecule has 1 fully saturated rings. The predicted octanol–water partition coefficient (Wildman–Crippen LogP) is 2.40. The Morgan fingerprint density at radius 3 is 2.62 bits per heavy atom. The molecular weight excluding hydrogens is 183 g/mol. The molecule has 2 aliphatic rings. The van der Waals surface area contributed by atoms with Crippen LogP contribution in [0.1, 0.15) is 12.8 Å². The minimum absolute atomic E-state index is 0.0351. The molecule has 3 heteroatoms. The number of hydrogen-bond donors (Lipinski definition) is 0. The molecule has 0 aromatic rings. The van der Waals surface area contributed by atoms with Crippen LogP contribution in [-0.2, 0) is 9.32 Å². The van der Waals surface area contributed by atoms with Gasteiger partial charge in [-0.1, -0.05) is 12.2 Å². The van der Waals surface area contributed by atoms with Crippen LogP contribution in [0, 0.1) is 17.8 Å². The average Bonchev–Trinajstić information content (AvgIpc) is 2.62. The number of carbonyl (C=O) groups is 1. The van der Waals surface area contributed by atoms with Gasteiger partial charge in [-0.3, -0.25) is 4.79 Å². The van der Waals surface area contributed by atoms with Gasteiger partial charge in [0, 0.05) is 0 Å². The van der Waals surface area contributed by atoms with E-state index in [1.807, 2.05) is 13.3 Å². The van der Waals surface area contributed by atoms with Crippen molar-refractivity contribution in [3.63, 3.8) is 0 Å². The first-order valence-electron chi connectivity index (χ1n) is 4.74. The van der Waals surface area contributed by atoms with Crippen molar-refractivity contribution in [2.24, 2.45) is 17.8 Å². The molecule has 0 aliphatic heterocycles. The number of fused-ring (bicyclic) bond motifs is 2. The highest BCUT2D eigenvalue weighted by Crippen LogP contribution is 2.45. The van der Waals surface area contributed by atoms with E-state index in [1.165, 1.54) is 6.42 Å². The van der Waals surface area contributed by atoms with Gasteiger partial charge in [0.15, 0.2) is 0 Å². The second kappa shape index (κ2) is 3.42. The Hall–Kier alpha value is -0.360. The van der Waals surface area contributed by atoms with Gasteiger partial charge < -0.3 is 4.52 Å². The number of rotatable bonds is 2. The van der Waals surface area contributed by atoms with E-state index in [-0.39, 0.29) is 11.9 Å². The zero-order chi connectivity index (χ0) is 9.42. The van der Waals surface area contributed by atoms with Crippen LogP contribution in [0.5, 0.6) is 0 Å². The quantitative estimate of drug-likeness (QED) is 0.503. The molecule has 0 heterocycles. The van der Waals surface area contributed by atoms with Gasteiger partial charge >= 0.3 is 5.97 Å². The van der Waals surface area contributed by atoms with Crippen LogP contribution in [0.15, 0.2) is 12.2 Å². The van der Waals surface area contributed by atoms with E-state index >= 15 is 0 Å². The third kappa shape index (κ3) is 1.78. The normalized spacial score (nSPS) is 35.8. The maximum atomic E-state index is 11.6. The maximum absolute atomic E-state index is 11.6. The lowest BCUT2D eigenvalue weighted by Gasteiger charge is -2.17. The number of carbonyl (C=O) groups excluding carboxylic acids is 1. The van der Waals surface area contributed by atoms with Gasteiger partial charge in [0.25, 0.3) is 0 Å². The summed E-state index contributed by atoms with van der Waals surface area (Å²) in [7, 11) is -0.539. The van der Waals surface area contributed by atoms with Gasteiger partial charge in [0.1, 0.15) is 0 Å². The zero-order valence-electron chi connectivity index (χ0n) is 8.06. The van der Waals surface area contributed by atoms with Crippen LogP contribution in [0.4, 0.5) is 0 Å². The lowest BCUT2D eigenvalue weighted by atomic mass is 9.94. The van der Waals surface area contributed by atoms with E-state index in [0.717, 1.165) is 6.42 Å². The summed E-state index contributed by atoms with van der Waals surface area (Å²) in [4.78, 5) is 11.6. The SMILES string of the molecule is CP(C)OC(=O)C1CC2C=CC1C2. The van der Waals surface area contributed by atoms with Crippen LogP contribution < -0.4 is 0 Å². The lowest BCUT2D eigenvalue weighted by molar-refractivity contribution is -0.138. The highest BCUT2D eigenvalue weighted by molar-refractivity contribution is 7.51. The topological polar surface area (TPSA) is 26.3 Å². The fourth-order valence-corrected chi connectivity index (χ4v) is 2.79. The van der Waals surface area contributed by atoms with E-state index in [2.05, 4.69) is 12.2 Å². The molecule has 0 amide bonds. The highest BCUT2D eigenvalue weighted by atomic mass is 31.1. The fourth-order valence-electron chi connectivity index (χ4n) is 2.30. The first kappa shape index (κ1) is 9.21. The molecule has 2 rings (SSSR count). The molecule has 0 radical (unpaired) electrons. The van der Waals surface area contributed by atoms with Gasteiger partial charge in [-0.05, 0) is 38.0 Å². The van der Waals surface area contributed by atoms with Crippen molar-refractivity contribution in [2.75, 3.05) is 13.3 Å². The first-order valence-corrected chi connectivity index (χ1v) is 6.89. The zero-order valence-corrected chi connectivity index (χ0v) is 8.96. The van der Waals surface area contributed by atoms with E-state index in [1.54, 1.807) is 0 Å². The van der Waals surface area contributed by atoms with Crippen molar-refractivity contribution in [3.05, 3.63) is 12.2 Å². The molecule has 1 saturated carbocycles. The van der Waals surface area contributed by atoms with Crippen molar-refractivity contribution in [1.29, 1.82) is 0 Å². The highest BCUT2D eigenvalue weighted by Gasteiger charge is 2.40. The monoisotopic (exact) mass is 198 g/mol. The Morgan fingerprint density at radius 1 is 1.38 bits per heavy atom. The smallest absolute Gasteiger partial charge is 0.312 e. The fraction of sp³-hybridized carbons (Fsp3) is 0.700. The van der Waals surface area contributed by atoms with Crippen LogP contribution in [0.3, 0.4) is 0 Å². The predicted molar refractivity (Wildman–Crippen MR) is 53.7 cm³/mol. The van der Waals surface area contributed by atoms with Gasteiger partial charge in [-0.2, -0.15) is 0 Å². The van der Waals surface area contributed by atoms with Gasteiger partial charge in [0.05, 0.1) is 14.1 Å². The molecule has 0 aromatic heterocycles. The van der Waals surface area contributed by atoms with Gasteiger partial charge in [-0.15, -0.1) is 0 Å². The summed E-state index contributed by atoms with van der Waals surface area (Å²) in [6, 6.07) is 0. The molecule has 2 nitrogen and oxygen atoms in total. The average molecular weight is 198 g/mol. The van der Waals surface area contributed by atoms with E-state index in [0.29, 0.717) is 11.8 Å². The molecule has 13 heavy (non-hydrogen) atoms. The molecular formula is C10H15O2P. The second-order valence-electron chi connectivity index (χ2n) is 4.11. The Labute approximate surface area is 80.2 Å². The maximum Gasteiger partial charge on any atom is 0.312 e. The first-order chi connectivity index (χ1) is 6.16. The summed E-state index contributed by atoms with van der Waals surface area (Å²) in [5.74, 6) is 1.34. The van der Waals surface area contributed by atoms with Crippen molar-refractivity contribution in [1.82, 2.24) is 0 Å². The lowest BCUT2D eigenvalue weighted by Crippen LogP contribution is -2.19. The van der Waals surface area contributed by atoms with E-state index in [9.17, 15) is 4.79 Å².